The summed E-state index contributed by atoms with van der Waals surface area (Å²) >= 11 is 0. The molecule has 6 nitrogen and oxygen atoms in total. The highest BCUT2D eigenvalue weighted by atomic mass is 16.5. The van der Waals surface area contributed by atoms with Crippen LogP contribution < -0.4 is 5.32 Å². The first kappa shape index (κ1) is 16.5. The lowest BCUT2D eigenvalue weighted by molar-refractivity contribution is -0.127. The van der Waals surface area contributed by atoms with E-state index in [-0.39, 0.29) is 17.9 Å². The van der Waals surface area contributed by atoms with Gasteiger partial charge >= 0.3 is 0 Å². The molecule has 1 amide bonds. The number of imidazole rings is 1. The van der Waals surface area contributed by atoms with E-state index in [2.05, 4.69) is 26.3 Å². The number of aromatic nitrogens is 2. The Kier molecular flexibility index (Phi) is 4.99. The average Bonchev–Trinajstić information content (AvgIpc) is 3.29. The van der Waals surface area contributed by atoms with Gasteiger partial charge in [-0.15, -0.1) is 0 Å². The van der Waals surface area contributed by atoms with Gasteiger partial charge in [-0.1, -0.05) is 12.1 Å². The zero-order chi connectivity index (χ0) is 17.1. The molecule has 0 bridgehead atoms. The van der Waals surface area contributed by atoms with Crippen LogP contribution in [0.5, 0.6) is 0 Å². The SMILES string of the molecule is O=C(NCC1CCCO1)C1CCN(Cc2nc3ccccc3[nH]2)CC1. The quantitative estimate of drug-likeness (QED) is 0.873. The number of nitrogens with one attached hydrogen (secondary N) is 2. The molecular weight excluding hydrogens is 316 g/mol. The molecule has 6 heteroatoms. The molecule has 2 aliphatic rings. The smallest absolute Gasteiger partial charge is 0.223 e. The molecule has 1 atom stereocenters. The molecule has 0 spiro atoms. The third kappa shape index (κ3) is 4.02. The van der Waals surface area contributed by atoms with Crippen molar-refractivity contribution in [3.05, 3.63) is 30.1 Å². The number of amides is 1. The summed E-state index contributed by atoms with van der Waals surface area (Å²) in [7, 11) is 0. The van der Waals surface area contributed by atoms with E-state index in [9.17, 15) is 4.79 Å². The van der Waals surface area contributed by atoms with Crippen LogP contribution in [0.4, 0.5) is 0 Å². The van der Waals surface area contributed by atoms with Crippen LogP contribution in [0.1, 0.15) is 31.5 Å². The number of carbonyl (C=O) groups excluding carboxylic acids is 1. The van der Waals surface area contributed by atoms with Crippen LogP contribution in [0.2, 0.25) is 0 Å². The second-order valence-corrected chi connectivity index (χ2v) is 7.13. The Hall–Kier alpha value is -1.92. The molecule has 0 saturated carbocycles. The van der Waals surface area contributed by atoms with Crippen LogP contribution in [-0.2, 0) is 16.1 Å². The lowest BCUT2D eigenvalue weighted by atomic mass is 9.96. The van der Waals surface area contributed by atoms with E-state index in [4.69, 9.17) is 4.74 Å². The van der Waals surface area contributed by atoms with Crippen LogP contribution >= 0.6 is 0 Å². The van der Waals surface area contributed by atoms with Crippen molar-refractivity contribution in [2.75, 3.05) is 26.2 Å². The van der Waals surface area contributed by atoms with Crippen molar-refractivity contribution < 1.29 is 9.53 Å². The van der Waals surface area contributed by atoms with Gasteiger partial charge in [0.15, 0.2) is 0 Å². The molecule has 1 unspecified atom stereocenters. The Labute approximate surface area is 147 Å². The van der Waals surface area contributed by atoms with E-state index in [1.165, 1.54) is 0 Å². The minimum absolute atomic E-state index is 0.133. The van der Waals surface area contributed by atoms with Gasteiger partial charge in [-0.3, -0.25) is 9.69 Å². The second kappa shape index (κ2) is 7.54. The van der Waals surface area contributed by atoms with Gasteiger partial charge < -0.3 is 15.0 Å². The lowest BCUT2D eigenvalue weighted by Crippen LogP contribution is -2.42. The van der Waals surface area contributed by atoms with Crippen LogP contribution in [0, 0.1) is 5.92 Å². The summed E-state index contributed by atoms with van der Waals surface area (Å²) in [5.74, 6) is 1.33. The summed E-state index contributed by atoms with van der Waals surface area (Å²) < 4.78 is 5.57. The first-order chi connectivity index (χ1) is 12.3. The summed E-state index contributed by atoms with van der Waals surface area (Å²) in [6.45, 7) is 4.20. The van der Waals surface area contributed by atoms with Crippen molar-refractivity contribution in [1.82, 2.24) is 20.2 Å². The number of benzene rings is 1. The predicted octanol–water partition coefficient (Wildman–Crippen LogP) is 2.07. The Balaban J connectivity index is 1.24. The van der Waals surface area contributed by atoms with Gasteiger partial charge in [-0.2, -0.15) is 0 Å². The number of piperidine rings is 1. The van der Waals surface area contributed by atoms with Gasteiger partial charge in [0.25, 0.3) is 0 Å². The van der Waals surface area contributed by atoms with Gasteiger partial charge in [-0.05, 0) is 50.9 Å². The summed E-state index contributed by atoms with van der Waals surface area (Å²) in [5.41, 5.74) is 2.10. The minimum Gasteiger partial charge on any atom is -0.376 e. The molecule has 2 N–H and O–H groups in total. The number of rotatable bonds is 5. The van der Waals surface area contributed by atoms with Crippen molar-refractivity contribution in [2.24, 2.45) is 5.92 Å². The molecule has 134 valence electrons. The Morgan fingerprint density at radius 2 is 2.12 bits per heavy atom. The van der Waals surface area contributed by atoms with E-state index in [1.54, 1.807) is 0 Å². The molecule has 4 rings (SSSR count). The topological polar surface area (TPSA) is 70.2 Å². The van der Waals surface area contributed by atoms with Gasteiger partial charge in [0, 0.05) is 19.1 Å². The number of H-pyrrole nitrogens is 1. The molecule has 2 fully saturated rings. The predicted molar refractivity (Wildman–Crippen MR) is 96.1 cm³/mol. The fourth-order valence-corrected chi connectivity index (χ4v) is 3.81. The van der Waals surface area contributed by atoms with Crippen molar-refractivity contribution in [3.63, 3.8) is 0 Å². The maximum absolute atomic E-state index is 12.3. The van der Waals surface area contributed by atoms with Crippen LogP contribution in [0.3, 0.4) is 0 Å². The standard InChI is InChI=1S/C19H26N4O2/c24-19(20-12-15-4-3-11-25-15)14-7-9-23(10-8-14)13-18-21-16-5-1-2-6-17(16)22-18/h1-2,5-6,14-15H,3-4,7-13H2,(H,20,24)(H,21,22). The first-order valence-corrected chi connectivity index (χ1v) is 9.33. The van der Waals surface area contributed by atoms with Crippen molar-refractivity contribution in [1.29, 1.82) is 0 Å². The third-order valence-corrected chi connectivity index (χ3v) is 5.30. The van der Waals surface area contributed by atoms with Crippen molar-refractivity contribution in [2.45, 2.75) is 38.3 Å². The maximum atomic E-state index is 12.3. The van der Waals surface area contributed by atoms with Crippen molar-refractivity contribution in [3.8, 4) is 0 Å². The van der Waals surface area contributed by atoms with E-state index in [0.29, 0.717) is 6.54 Å². The maximum Gasteiger partial charge on any atom is 0.223 e. The molecule has 2 aromatic rings. The van der Waals surface area contributed by atoms with E-state index in [0.717, 1.165) is 68.8 Å². The van der Waals surface area contributed by atoms with Gasteiger partial charge in [0.1, 0.15) is 5.82 Å². The molecule has 1 aromatic heterocycles. The van der Waals surface area contributed by atoms with E-state index < -0.39 is 0 Å². The number of para-hydroxylation sites is 2. The lowest BCUT2D eigenvalue weighted by Gasteiger charge is -2.30. The normalized spacial score (nSPS) is 22.5. The van der Waals surface area contributed by atoms with Crippen LogP contribution in [0.25, 0.3) is 11.0 Å². The Morgan fingerprint density at radius 3 is 2.88 bits per heavy atom. The zero-order valence-corrected chi connectivity index (χ0v) is 14.5. The number of ether oxygens (including phenoxy) is 1. The molecule has 2 saturated heterocycles. The fourth-order valence-electron chi connectivity index (χ4n) is 3.81. The van der Waals surface area contributed by atoms with Crippen molar-refractivity contribution >= 4 is 16.9 Å². The highest BCUT2D eigenvalue weighted by molar-refractivity contribution is 5.78. The number of fused-ring (bicyclic) bond motifs is 1. The average molecular weight is 342 g/mol. The highest BCUT2D eigenvalue weighted by Crippen LogP contribution is 2.20. The molecule has 2 aliphatic heterocycles. The zero-order valence-electron chi connectivity index (χ0n) is 14.5. The minimum atomic E-state index is 0.133. The fraction of sp³-hybridized carbons (Fsp3) is 0.579. The summed E-state index contributed by atoms with van der Waals surface area (Å²) in [4.78, 5) is 22.7. The van der Waals surface area contributed by atoms with E-state index in [1.807, 2.05) is 18.2 Å². The van der Waals surface area contributed by atoms with Gasteiger partial charge in [0.05, 0.1) is 23.7 Å². The Bertz CT molecular complexity index is 682. The van der Waals surface area contributed by atoms with Gasteiger partial charge in [0.2, 0.25) is 5.91 Å². The summed E-state index contributed by atoms with van der Waals surface area (Å²) in [6.07, 6.45) is 4.23. The number of aromatic amines is 1. The number of hydrogen-bond acceptors (Lipinski definition) is 4. The molecule has 0 aliphatic carbocycles. The number of hydrogen-bond donors (Lipinski definition) is 2. The molecular formula is C19H26N4O2. The van der Waals surface area contributed by atoms with Gasteiger partial charge in [-0.25, -0.2) is 4.98 Å². The first-order valence-electron chi connectivity index (χ1n) is 9.33. The van der Waals surface area contributed by atoms with Crippen LogP contribution in [0.15, 0.2) is 24.3 Å². The molecule has 0 radical (unpaired) electrons. The number of likely N-dealkylation sites (tertiary alicyclic amines) is 1. The summed E-state index contributed by atoms with van der Waals surface area (Å²) in [5, 5.41) is 3.08. The largest absolute Gasteiger partial charge is 0.376 e. The summed E-state index contributed by atoms with van der Waals surface area (Å²) in [6, 6.07) is 8.11. The Morgan fingerprint density at radius 1 is 1.28 bits per heavy atom. The third-order valence-electron chi connectivity index (χ3n) is 5.30. The number of nitrogens with zero attached hydrogens (tertiary/aromatic N) is 2. The molecule has 1 aromatic carbocycles. The molecule has 3 heterocycles. The monoisotopic (exact) mass is 342 g/mol. The highest BCUT2D eigenvalue weighted by Gasteiger charge is 2.26. The second-order valence-electron chi connectivity index (χ2n) is 7.13. The van der Waals surface area contributed by atoms with E-state index >= 15 is 0 Å². The molecule has 25 heavy (non-hydrogen) atoms. The van der Waals surface area contributed by atoms with Crippen LogP contribution in [-0.4, -0.2) is 53.1 Å². The number of carbonyl (C=O) groups is 1.